The van der Waals surface area contributed by atoms with Crippen LogP contribution in [0.1, 0.15) is 50.3 Å². The number of carbonyl (C=O) groups excluding carboxylic acids is 1. The van der Waals surface area contributed by atoms with Crippen LogP contribution in [0.15, 0.2) is 24.3 Å². The molecule has 5 heteroatoms. The number of benzene rings is 1. The summed E-state index contributed by atoms with van der Waals surface area (Å²) in [4.78, 5) is 22.3. The van der Waals surface area contributed by atoms with Crippen molar-refractivity contribution in [1.29, 1.82) is 0 Å². The molecule has 1 aliphatic carbocycles. The predicted molar refractivity (Wildman–Crippen MR) is 80.2 cm³/mol. The molecule has 0 spiro atoms. The largest absolute Gasteiger partial charge is 0.481 e. The zero-order valence-electron chi connectivity index (χ0n) is 12.5. The fourth-order valence-electron chi connectivity index (χ4n) is 2.85. The fourth-order valence-corrected chi connectivity index (χ4v) is 2.85. The van der Waals surface area contributed by atoms with E-state index in [-0.39, 0.29) is 30.5 Å². The Kier molecular flexibility index (Phi) is 4.50. The van der Waals surface area contributed by atoms with Crippen molar-refractivity contribution in [3.63, 3.8) is 0 Å². The van der Waals surface area contributed by atoms with E-state index >= 15 is 0 Å². The van der Waals surface area contributed by atoms with Crippen LogP contribution in [0.4, 0.5) is 4.79 Å². The molecule has 0 fully saturated rings. The molecule has 1 aromatic rings. The van der Waals surface area contributed by atoms with Crippen molar-refractivity contribution in [1.82, 2.24) is 10.6 Å². The van der Waals surface area contributed by atoms with Crippen LogP contribution in [0.25, 0.3) is 0 Å². The molecule has 0 heterocycles. The van der Waals surface area contributed by atoms with Gasteiger partial charge < -0.3 is 15.7 Å². The van der Waals surface area contributed by atoms with E-state index in [0.29, 0.717) is 0 Å². The highest BCUT2D eigenvalue weighted by molar-refractivity contribution is 5.75. The van der Waals surface area contributed by atoms with Gasteiger partial charge in [0.05, 0.1) is 12.5 Å². The van der Waals surface area contributed by atoms with Crippen molar-refractivity contribution < 1.29 is 14.7 Å². The van der Waals surface area contributed by atoms with Crippen LogP contribution in [0, 0.1) is 0 Å². The van der Waals surface area contributed by atoms with Gasteiger partial charge >= 0.3 is 12.0 Å². The highest BCUT2D eigenvalue weighted by Gasteiger charge is 2.32. The molecule has 2 rings (SSSR count). The minimum atomic E-state index is -0.917. The normalized spacial score (nSPS) is 19.4. The van der Waals surface area contributed by atoms with Crippen molar-refractivity contribution in [2.24, 2.45) is 0 Å². The number of nitrogens with one attached hydrogen (secondary N) is 2. The Balaban J connectivity index is 2.02. The highest BCUT2D eigenvalue weighted by Crippen LogP contribution is 2.41. The van der Waals surface area contributed by atoms with Crippen molar-refractivity contribution >= 4 is 12.0 Å². The van der Waals surface area contributed by atoms with E-state index in [9.17, 15) is 9.59 Å². The number of rotatable bonds is 4. The van der Waals surface area contributed by atoms with E-state index in [1.165, 1.54) is 5.56 Å². The second-order valence-corrected chi connectivity index (χ2v) is 6.11. The molecule has 0 saturated carbocycles. The average molecular weight is 290 g/mol. The number of aliphatic carboxylic acids is 1. The summed E-state index contributed by atoms with van der Waals surface area (Å²) in [7, 11) is 0. The van der Waals surface area contributed by atoms with Gasteiger partial charge in [0.15, 0.2) is 0 Å². The van der Waals surface area contributed by atoms with Crippen LogP contribution in [-0.4, -0.2) is 23.7 Å². The monoisotopic (exact) mass is 290 g/mol. The minimum absolute atomic E-state index is 0.0148. The van der Waals surface area contributed by atoms with Crippen molar-refractivity contribution in [3.8, 4) is 0 Å². The van der Waals surface area contributed by atoms with Gasteiger partial charge in [0.1, 0.15) is 0 Å². The zero-order valence-corrected chi connectivity index (χ0v) is 12.5. The summed E-state index contributed by atoms with van der Waals surface area (Å²) in [6.45, 7) is 4.57. The molecule has 114 valence electrons. The summed E-state index contributed by atoms with van der Waals surface area (Å²) in [6, 6.07) is 7.85. The molecule has 2 amide bonds. The number of hydrogen-bond donors (Lipinski definition) is 3. The number of carboxylic acids is 1. The van der Waals surface area contributed by atoms with Crippen LogP contribution in [-0.2, 0) is 10.2 Å². The maximum Gasteiger partial charge on any atom is 0.315 e. The highest BCUT2D eigenvalue weighted by atomic mass is 16.4. The first kappa shape index (κ1) is 15.4. The van der Waals surface area contributed by atoms with Gasteiger partial charge in [-0.2, -0.15) is 0 Å². The molecule has 1 aromatic carbocycles. The molecule has 3 N–H and O–H groups in total. The van der Waals surface area contributed by atoms with Crippen molar-refractivity contribution in [2.75, 3.05) is 6.54 Å². The van der Waals surface area contributed by atoms with Crippen molar-refractivity contribution in [3.05, 3.63) is 35.4 Å². The van der Waals surface area contributed by atoms with Crippen LogP contribution < -0.4 is 10.6 Å². The molecule has 0 radical (unpaired) electrons. The molecule has 1 atom stereocenters. The van der Waals surface area contributed by atoms with Gasteiger partial charge in [-0.1, -0.05) is 38.1 Å². The Labute approximate surface area is 124 Å². The molecule has 0 bridgehead atoms. The standard InChI is InChI=1S/C16H22N2O3/c1-16(2)9-7-13(11-5-3-4-6-12(11)16)18-15(21)17-10-8-14(19)20/h3-6,13H,7-10H2,1-2H3,(H,19,20)(H2,17,18,21). The third-order valence-corrected chi connectivity index (χ3v) is 4.05. The van der Waals surface area contributed by atoms with Gasteiger partial charge in [0.25, 0.3) is 0 Å². The van der Waals surface area contributed by atoms with E-state index < -0.39 is 5.97 Å². The van der Waals surface area contributed by atoms with Gasteiger partial charge in [0, 0.05) is 6.54 Å². The first-order valence-electron chi connectivity index (χ1n) is 7.26. The van der Waals surface area contributed by atoms with E-state index in [1.807, 2.05) is 12.1 Å². The number of hydrogen-bond acceptors (Lipinski definition) is 2. The number of urea groups is 1. The van der Waals surface area contributed by atoms with Gasteiger partial charge in [-0.3, -0.25) is 4.79 Å². The Hall–Kier alpha value is -2.04. The second kappa shape index (κ2) is 6.16. The lowest BCUT2D eigenvalue weighted by atomic mass is 9.71. The lowest BCUT2D eigenvalue weighted by molar-refractivity contribution is -0.136. The lowest BCUT2D eigenvalue weighted by Gasteiger charge is -2.37. The number of amides is 2. The number of fused-ring (bicyclic) bond motifs is 1. The third-order valence-electron chi connectivity index (χ3n) is 4.05. The first-order valence-corrected chi connectivity index (χ1v) is 7.26. The Morgan fingerprint density at radius 3 is 2.76 bits per heavy atom. The molecule has 5 nitrogen and oxygen atoms in total. The summed E-state index contributed by atoms with van der Waals surface area (Å²) in [6.07, 6.45) is 1.82. The van der Waals surface area contributed by atoms with Crippen LogP contribution in [0.5, 0.6) is 0 Å². The van der Waals surface area contributed by atoms with Gasteiger partial charge in [0.2, 0.25) is 0 Å². The molecule has 0 saturated heterocycles. The molecular formula is C16H22N2O3. The maximum absolute atomic E-state index is 11.8. The Morgan fingerprint density at radius 1 is 1.33 bits per heavy atom. The summed E-state index contributed by atoms with van der Waals surface area (Å²) in [5, 5.41) is 14.1. The maximum atomic E-state index is 11.8. The van der Waals surface area contributed by atoms with E-state index in [0.717, 1.165) is 18.4 Å². The summed E-state index contributed by atoms with van der Waals surface area (Å²) in [5.74, 6) is -0.917. The van der Waals surface area contributed by atoms with Gasteiger partial charge in [-0.15, -0.1) is 0 Å². The molecule has 21 heavy (non-hydrogen) atoms. The average Bonchev–Trinajstić information content (AvgIpc) is 2.42. The van der Waals surface area contributed by atoms with E-state index in [2.05, 4.69) is 36.6 Å². The molecule has 0 aliphatic heterocycles. The third kappa shape index (κ3) is 3.74. The van der Waals surface area contributed by atoms with Gasteiger partial charge in [-0.05, 0) is 29.4 Å². The lowest BCUT2D eigenvalue weighted by Crippen LogP contribution is -2.41. The van der Waals surface area contributed by atoms with E-state index in [1.54, 1.807) is 0 Å². The van der Waals surface area contributed by atoms with Crippen LogP contribution in [0.2, 0.25) is 0 Å². The molecular weight excluding hydrogens is 268 g/mol. The SMILES string of the molecule is CC1(C)CCC(NC(=O)NCCC(=O)O)c2ccccc21. The summed E-state index contributed by atoms with van der Waals surface area (Å²) < 4.78 is 0. The topological polar surface area (TPSA) is 78.4 Å². The van der Waals surface area contributed by atoms with E-state index in [4.69, 9.17) is 5.11 Å². The zero-order chi connectivity index (χ0) is 15.5. The quantitative estimate of drug-likeness (QED) is 0.797. The van der Waals surface area contributed by atoms with Gasteiger partial charge in [-0.25, -0.2) is 4.79 Å². The molecule has 1 unspecified atom stereocenters. The predicted octanol–water partition coefficient (Wildman–Crippen LogP) is 2.57. The minimum Gasteiger partial charge on any atom is -0.481 e. The Bertz CT molecular complexity index is 540. The summed E-state index contributed by atoms with van der Waals surface area (Å²) in [5.41, 5.74) is 2.54. The van der Waals surface area contributed by atoms with Crippen LogP contribution >= 0.6 is 0 Å². The summed E-state index contributed by atoms with van der Waals surface area (Å²) >= 11 is 0. The Morgan fingerprint density at radius 2 is 2.05 bits per heavy atom. The number of carbonyl (C=O) groups is 2. The van der Waals surface area contributed by atoms with Crippen LogP contribution in [0.3, 0.4) is 0 Å². The molecule has 1 aliphatic rings. The second-order valence-electron chi connectivity index (χ2n) is 6.11. The smallest absolute Gasteiger partial charge is 0.315 e. The fraction of sp³-hybridized carbons (Fsp3) is 0.500. The molecule has 0 aromatic heterocycles. The first-order chi connectivity index (χ1) is 9.90. The number of carboxylic acid groups (broad SMARTS) is 1. The van der Waals surface area contributed by atoms with Crippen molar-refractivity contribution in [2.45, 2.75) is 44.6 Å².